The molecule has 2 aromatic carbocycles. The van der Waals surface area contributed by atoms with Gasteiger partial charge in [-0.25, -0.2) is 0 Å². The van der Waals surface area contributed by atoms with Crippen LogP contribution in [-0.2, 0) is 29.0 Å². The van der Waals surface area contributed by atoms with E-state index in [-0.39, 0.29) is 12.5 Å². The number of fused-ring (bicyclic) bond motifs is 2. The summed E-state index contributed by atoms with van der Waals surface area (Å²) in [5.41, 5.74) is 5.51. The van der Waals surface area contributed by atoms with Gasteiger partial charge in [-0.05, 0) is 83.8 Å². The van der Waals surface area contributed by atoms with Crippen molar-refractivity contribution in [2.45, 2.75) is 58.2 Å². The minimum Gasteiger partial charge on any atom is -0.494 e. The first kappa shape index (κ1) is 30.7. The Morgan fingerprint density at radius 2 is 1.90 bits per heavy atom. The van der Waals surface area contributed by atoms with E-state index in [2.05, 4.69) is 4.99 Å². The minimum atomic E-state index is -4.97. The highest BCUT2D eigenvalue weighted by atomic mass is 19.4. The molecule has 224 valence electrons. The summed E-state index contributed by atoms with van der Waals surface area (Å²) in [6.45, 7) is 4.28. The second-order valence-corrected chi connectivity index (χ2v) is 10.5. The van der Waals surface area contributed by atoms with Crippen LogP contribution in [0.2, 0.25) is 0 Å². The fourth-order valence-corrected chi connectivity index (χ4v) is 5.31. The van der Waals surface area contributed by atoms with Crippen molar-refractivity contribution < 1.29 is 37.8 Å². The molecule has 42 heavy (non-hydrogen) atoms. The zero-order valence-electron chi connectivity index (χ0n) is 23.4. The zero-order chi connectivity index (χ0) is 30.4. The molecule has 0 aliphatic heterocycles. The van der Waals surface area contributed by atoms with Gasteiger partial charge in [-0.1, -0.05) is 31.2 Å². The van der Waals surface area contributed by atoms with E-state index in [9.17, 15) is 33.1 Å². The lowest BCUT2D eigenvalue weighted by molar-refractivity contribution is -0.173. The second kappa shape index (κ2) is 13.1. The number of hydrogen-bond acceptors (Lipinski definition) is 5. The Hall–Kier alpha value is -4.28. The van der Waals surface area contributed by atoms with Crippen molar-refractivity contribution in [2.75, 3.05) is 13.2 Å². The Balaban J connectivity index is 1.53. The van der Waals surface area contributed by atoms with E-state index in [1.165, 1.54) is 6.20 Å². The first-order chi connectivity index (χ1) is 20.0. The number of carboxylic acids is 1. The SMILES string of the molecule is CCC(C(=O)O)C1Cc2ccc(OCCCN=c3cc(C)ccn3O)cc2Cc2cc(CNC(=O)C(F)(F)F)ccc21. The monoisotopic (exact) mass is 585 g/mol. The maximum atomic E-state index is 12.7. The lowest BCUT2D eigenvalue weighted by Gasteiger charge is -2.24. The maximum Gasteiger partial charge on any atom is 0.471 e. The van der Waals surface area contributed by atoms with E-state index >= 15 is 0 Å². The molecule has 11 heteroatoms. The first-order valence-electron chi connectivity index (χ1n) is 13.8. The highest BCUT2D eigenvalue weighted by Gasteiger charge is 2.38. The molecule has 1 amide bonds. The third-order valence-corrected chi connectivity index (χ3v) is 7.47. The van der Waals surface area contributed by atoms with Crippen LogP contribution < -0.4 is 15.5 Å². The lowest BCUT2D eigenvalue weighted by atomic mass is 9.79. The number of nitrogens with zero attached hydrogens (tertiary/aromatic N) is 2. The molecule has 0 saturated heterocycles. The lowest BCUT2D eigenvalue weighted by Crippen LogP contribution is -2.36. The van der Waals surface area contributed by atoms with Gasteiger partial charge in [0.25, 0.3) is 0 Å². The summed E-state index contributed by atoms with van der Waals surface area (Å²) >= 11 is 0. The highest BCUT2D eigenvalue weighted by molar-refractivity contribution is 5.81. The number of halogens is 3. The largest absolute Gasteiger partial charge is 0.494 e. The van der Waals surface area contributed by atoms with Crippen molar-refractivity contribution in [3.63, 3.8) is 0 Å². The number of rotatable bonds is 10. The summed E-state index contributed by atoms with van der Waals surface area (Å²) in [7, 11) is 0. The van der Waals surface area contributed by atoms with Crippen LogP contribution in [0.5, 0.6) is 5.75 Å². The number of aliphatic carboxylic acids is 1. The van der Waals surface area contributed by atoms with E-state index in [1.807, 2.05) is 37.4 Å². The Labute approximate surface area is 241 Å². The second-order valence-electron chi connectivity index (χ2n) is 10.5. The highest BCUT2D eigenvalue weighted by Crippen LogP contribution is 2.39. The van der Waals surface area contributed by atoms with Gasteiger partial charge in [0.15, 0.2) is 5.49 Å². The summed E-state index contributed by atoms with van der Waals surface area (Å²) in [6.07, 6.45) is -1.48. The third kappa shape index (κ3) is 7.51. The molecule has 2 atom stereocenters. The zero-order valence-corrected chi connectivity index (χ0v) is 23.4. The van der Waals surface area contributed by atoms with Gasteiger partial charge in [0.1, 0.15) is 5.75 Å². The fraction of sp³-hybridized carbons (Fsp3) is 0.387. The summed E-state index contributed by atoms with van der Waals surface area (Å²) < 4.78 is 45.0. The van der Waals surface area contributed by atoms with Crippen molar-refractivity contribution in [3.8, 4) is 5.75 Å². The minimum absolute atomic E-state index is 0.299. The number of pyridine rings is 1. The van der Waals surface area contributed by atoms with Crippen LogP contribution in [0.1, 0.15) is 59.1 Å². The number of amides is 1. The topological polar surface area (TPSA) is 113 Å². The summed E-state index contributed by atoms with van der Waals surface area (Å²) in [4.78, 5) is 27.9. The molecule has 2 unspecified atom stereocenters. The molecule has 8 nitrogen and oxygen atoms in total. The Morgan fingerprint density at radius 1 is 1.12 bits per heavy atom. The molecular formula is C31H34F3N3O5. The summed E-state index contributed by atoms with van der Waals surface area (Å²) in [5, 5.41) is 21.7. The molecular weight excluding hydrogens is 551 g/mol. The number of hydrogen-bond donors (Lipinski definition) is 3. The van der Waals surface area contributed by atoms with Crippen molar-refractivity contribution in [2.24, 2.45) is 10.9 Å². The van der Waals surface area contributed by atoms with Crippen molar-refractivity contribution >= 4 is 11.9 Å². The van der Waals surface area contributed by atoms with E-state index in [0.29, 0.717) is 55.6 Å². The molecule has 0 saturated carbocycles. The molecule has 3 N–H and O–H groups in total. The van der Waals surface area contributed by atoms with E-state index in [1.54, 1.807) is 30.3 Å². The number of aryl methyl sites for hydroxylation is 1. The Morgan fingerprint density at radius 3 is 2.62 bits per heavy atom. The molecule has 0 fully saturated rings. The van der Waals surface area contributed by atoms with Crippen LogP contribution in [0.3, 0.4) is 0 Å². The molecule has 0 spiro atoms. The first-order valence-corrected chi connectivity index (χ1v) is 13.8. The van der Waals surface area contributed by atoms with Crippen molar-refractivity contribution in [3.05, 3.63) is 93.6 Å². The normalized spacial score (nSPS) is 15.7. The number of benzene rings is 2. The number of carbonyl (C=O) groups is 2. The third-order valence-electron chi connectivity index (χ3n) is 7.47. The fourth-order valence-electron chi connectivity index (χ4n) is 5.31. The number of nitrogens with one attached hydrogen (secondary N) is 1. The number of ether oxygens (including phenoxy) is 1. The molecule has 1 aromatic heterocycles. The average molecular weight is 586 g/mol. The standard InChI is InChI=1S/C31H34F3N3O5/c1-3-25(29(38)39)27-17-21-6-7-24(42-12-4-10-35-28-13-19(2)9-11-37(28)41)16-22(21)15-23-14-20(5-8-26(23)27)18-36-30(40)31(32,33)34/h5-9,11,13-14,16,25,27,41H,3-4,10,12,15,17-18H2,1-2H3,(H,36,40)(H,38,39). The van der Waals surface area contributed by atoms with Crippen LogP contribution in [0.15, 0.2) is 59.7 Å². The Bertz CT molecular complexity index is 1520. The van der Waals surface area contributed by atoms with Crippen LogP contribution in [-0.4, -0.2) is 46.2 Å². The number of aromatic nitrogens is 1. The average Bonchev–Trinajstić information content (AvgIpc) is 3.09. The molecule has 1 aliphatic rings. The van der Waals surface area contributed by atoms with Gasteiger partial charge in [-0.15, -0.1) is 0 Å². The van der Waals surface area contributed by atoms with Gasteiger partial charge in [-0.3, -0.25) is 14.6 Å². The maximum absolute atomic E-state index is 12.7. The summed E-state index contributed by atoms with van der Waals surface area (Å²) in [6, 6.07) is 14.4. The number of alkyl halides is 3. The molecule has 1 aliphatic carbocycles. The molecule has 3 aromatic rings. The van der Waals surface area contributed by atoms with Crippen LogP contribution in [0.4, 0.5) is 13.2 Å². The smallest absolute Gasteiger partial charge is 0.471 e. The van der Waals surface area contributed by atoms with Crippen molar-refractivity contribution in [1.82, 2.24) is 10.0 Å². The van der Waals surface area contributed by atoms with Crippen molar-refractivity contribution in [1.29, 1.82) is 0 Å². The van der Waals surface area contributed by atoms with Crippen LogP contribution in [0, 0.1) is 12.8 Å². The quantitative estimate of drug-likeness (QED) is 0.231. The van der Waals surface area contributed by atoms with Gasteiger partial charge in [0, 0.05) is 31.6 Å². The van der Waals surface area contributed by atoms with Gasteiger partial charge >= 0.3 is 18.1 Å². The Kier molecular flexibility index (Phi) is 9.59. The molecule has 0 radical (unpaired) electrons. The van der Waals surface area contributed by atoms with Crippen LogP contribution in [0.25, 0.3) is 0 Å². The van der Waals surface area contributed by atoms with E-state index < -0.39 is 24.0 Å². The van der Waals surface area contributed by atoms with Gasteiger partial charge in [-0.2, -0.15) is 17.9 Å². The number of carboxylic acid groups (broad SMARTS) is 1. The molecule has 4 rings (SSSR count). The van der Waals surface area contributed by atoms with E-state index in [4.69, 9.17) is 4.74 Å². The molecule has 1 heterocycles. The van der Waals surface area contributed by atoms with Crippen LogP contribution >= 0.6 is 0 Å². The predicted octanol–water partition coefficient (Wildman–Crippen LogP) is 4.92. The van der Waals surface area contributed by atoms with Gasteiger partial charge < -0.3 is 20.4 Å². The molecule has 0 bridgehead atoms. The summed E-state index contributed by atoms with van der Waals surface area (Å²) in [5.74, 6) is -3.24. The number of carbonyl (C=O) groups excluding carboxylic acids is 1. The van der Waals surface area contributed by atoms with E-state index in [0.717, 1.165) is 32.5 Å². The van der Waals surface area contributed by atoms with Gasteiger partial charge in [0.05, 0.1) is 12.5 Å². The predicted molar refractivity (Wildman–Crippen MR) is 148 cm³/mol. The van der Waals surface area contributed by atoms with Gasteiger partial charge in [0.2, 0.25) is 0 Å².